The van der Waals surface area contributed by atoms with Crippen molar-refractivity contribution in [2.24, 2.45) is 0 Å². The number of aryl methyl sites for hydroxylation is 1. The predicted octanol–water partition coefficient (Wildman–Crippen LogP) is 3.89. The van der Waals surface area contributed by atoms with Crippen LogP contribution in [0.15, 0.2) is 41.8 Å². The number of ether oxygens (including phenoxy) is 1. The van der Waals surface area contributed by atoms with E-state index in [9.17, 15) is 0 Å². The van der Waals surface area contributed by atoms with Gasteiger partial charge in [0.05, 0.1) is 7.11 Å². The van der Waals surface area contributed by atoms with Crippen LogP contribution in [0.25, 0.3) is 5.76 Å². The van der Waals surface area contributed by atoms with Gasteiger partial charge in [-0.1, -0.05) is 12.7 Å². The Kier molecular flexibility index (Phi) is 4.50. The van der Waals surface area contributed by atoms with Crippen LogP contribution in [0.1, 0.15) is 11.1 Å². The first-order valence-electron chi connectivity index (χ1n) is 4.74. The molecule has 0 fully saturated rings. The predicted molar refractivity (Wildman–Crippen MR) is 68.1 cm³/mol. The third kappa shape index (κ3) is 2.90. The summed E-state index contributed by atoms with van der Waals surface area (Å²) in [6, 6.07) is 6.35. The van der Waals surface area contributed by atoms with E-state index in [0.29, 0.717) is 0 Å². The van der Waals surface area contributed by atoms with E-state index in [0.717, 1.165) is 11.3 Å². The van der Waals surface area contributed by atoms with Gasteiger partial charge in [-0.2, -0.15) is 0 Å². The van der Waals surface area contributed by atoms with Crippen molar-refractivity contribution in [3.63, 3.8) is 0 Å². The fraction of sp³-hybridized carbons (Fsp3) is 0.231. The van der Waals surface area contributed by atoms with Crippen molar-refractivity contribution in [1.29, 1.82) is 0 Å². The van der Waals surface area contributed by atoms with Gasteiger partial charge in [-0.15, -0.1) is 11.8 Å². The van der Waals surface area contributed by atoms with E-state index in [4.69, 9.17) is 4.74 Å². The van der Waals surface area contributed by atoms with Gasteiger partial charge < -0.3 is 4.74 Å². The van der Waals surface area contributed by atoms with Gasteiger partial charge in [-0.3, -0.25) is 0 Å². The van der Waals surface area contributed by atoms with Crippen molar-refractivity contribution in [3.05, 3.63) is 48.1 Å². The molecule has 0 aliphatic rings. The Morgan fingerprint density at radius 2 is 2.20 bits per heavy atom. The highest BCUT2D eigenvalue weighted by atomic mass is 32.2. The molecule has 0 atom stereocenters. The summed E-state index contributed by atoms with van der Waals surface area (Å²) >= 11 is 1.74. The fourth-order valence-electron chi connectivity index (χ4n) is 1.41. The molecule has 0 saturated heterocycles. The van der Waals surface area contributed by atoms with E-state index >= 15 is 0 Å². The lowest BCUT2D eigenvalue weighted by Crippen LogP contribution is -1.91. The van der Waals surface area contributed by atoms with Crippen LogP contribution in [-0.2, 0) is 4.74 Å². The molecule has 2 heteroatoms. The molecule has 0 heterocycles. The van der Waals surface area contributed by atoms with Gasteiger partial charge in [-0.05, 0) is 43.0 Å². The van der Waals surface area contributed by atoms with Crippen LogP contribution in [0.3, 0.4) is 0 Å². The third-order valence-electron chi connectivity index (χ3n) is 2.19. The number of rotatable bonds is 4. The van der Waals surface area contributed by atoms with Gasteiger partial charge >= 0.3 is 0 Å². The van der Waals surface area contributed by atoms with Gasteiger partial charge in [0.15, 0.2) is 0 Å². The zero-order valence-electron chi connectivity index (χ0n) is 9.41. The maximum absolute atomic E-state index is 5.31. The standard InChI is InChI=1S/C13H16OS/c1-5-6-13(14-3)12-8-7-11(15-4)9-10(12)2/h5-9H,1H2,2-4H3/b13-6+. The summed E-state index contributed by atoms with van der Waals surface area (Å²) < 4.78 is 5.31. The van der Waals surface area contributed by atoms with Crippen molar-refractivity contribution in [1.82, 2.24) is 0 Å². The molecule has 1 aromatic carbocycles. The Morgan fingerprint density at radius 3 is 2.67 bits per heavy atom. The molecule has 0 N–H and O–H groups in total. The molecule has 1 nitrogen and oxygen atoms in total. The lowest BCUT2D eigenvalue weighted by atomic mass is 10.1. The zero-order valence-corrected chi connectivity index (χ0v) is 10.2. The smallest absolute Gasteiger partial charge is 0.126 e. The molecule has 0 aliphatic carbocycles. The molecule has 0 aromatic heterocycles. The Hall–Kier alpha value is -1.15. The van der Waals surface area contributed by atoms with Crippen LogP contribution in [0.4, 0.5) is 0 Å². The van der Waals surface area contributed by atoms with Crippen molar-refractivity contribution in [2.75, 3.05) is 13.4 Å². The summed E-state index contributed by atoms with van der Waals surface area (Å²) in [5.41, 5.74) is 2.34. The zero-order chi connectivity index (χ0) is 11.3. The second kappa shape index (κ2) is 5.66. The maximum atomic E-state index is 5.31. The molecule has 0 amide bonds. The first-order valence-corrected chi connectivity index (χ1v) is 5.97. The van der Waals surface area contributed by atoms with Crippen molar-refractivity contribution in [2.45, 2.75) is 11.8 Å². The third-order valence-corrected chi connectivity index (χ3v) is 2.91. The van der Waals surface area contributed by atoms with Crippen molar-refractivity contribution in [3.8, 4) is 0 Å². The molecule has 0 spiro atoms. The molecule has 0 saturated carbocycles. The molecular weight excluding hydrogens is 204 g/mol. The largest absolute Gasteiger partial charge is 0.496 e. The van der Waals surface area contributed by atoms with Gasteiger partial charge in [0, 0.05) is 10.5 Å². The molecule has 0 aliphatic heterocycles. The molecule has 15 heavy (non-hydrogen) atoms. The topological polar surface area (TPSA) is 9.23 Å². The highest BCUT2D eigenvalue weighted by molar-refractivity contribution is 7.98. The fourth-order valence-corrected chi connectivity index (χ4v) is 1.91. The number of benzene rings is 1. The summed E-state index contributed by atoms with van der Waals surface area (Å²) in [5, 5.41) is 0. The Labute approximate surface area is 95.8 Å². The van der Waals surface area contributed by atoms with Gasteiger partial charge in [0.1, 0.15) is 5.76 Å². The van der Waals surface area contributed by atoms with E-state index in [2.05, 4.69) is 38.0 Å². The van der Waals surface area contributed by atoms with E-state index in [1.54, 1.807) is 24.9 Å². The minimum atomic E-state index is 0.857. The lowest BCUT2D eigenvalue weighted by Gasteiger charge is -2.10. The number of hydrogen-bond donors (Lipinski definition) is 0. The normalized spacial score (nSPS) is 11.3. The van der Waals surface area contributed by atoms with Crippen LogP contribution in [0, 0.1) is 6.92 Å². The summed E-state index contributed by atoms with van der Waals surface area (Å²) in [7, 11) is 1.68. The van der Waals surface area contributed by atoms with Crippen LogP contribution < -0.4 is 0 Å². The molecule has 0 unspecified atom stereocenters. The van der Waals surface area contributed by atoms with E-state index < -0.39 is 0 Å². The van der Waals surface area contributed by atoms with E-state index in [-0.39, 0.29) is 0 Å². The Balaban J connectivity index is 3.14. The molecule has 0 bridgehead atoms. The maximum Gasteiger partial charge on any atom is 0.126 e. The molecular formula is C13H16OS. The summed E-state index contributed by atoms with van der Waals surface area (Å²) in [5.74, 6) is 0.857. The number of methoxy groups -OCH3 is 1. The van der Waals surface area contributed by atoms with Crippen LogP contribution in [-0.4, -0.2) is 13.4 Å². The second-order valence-corrected chi connectivity index (χ2v) is 4.03. The number of hydrogen-bond acceptors (Lipinski definition) is 2. The first-order chi connectivity index (χ1) is 7.22. The minimum Gasteiger partial charge on any atom is -0.496 e. The van der Waals surface area contributed by atoms with Crippen molar-refractivity contribution >= 4 is 17.5 Å². The quantitative estimate of drug-likeness (QED) is 0.432. The highest BCUT2D eigenvalue weighted by Gasteiger charge is 2.04. The SMILES string of the molecule is C=C/C=C(/OC)c1ccc(SC)cc1C. The lowest BCUT2D eigenvalue weighted by molar-refractivity contribution is 0.370. The van der Waals surface area contributed by atoms with Gasteiger partial charge in [0.25, 0.3) is 0 Å². The Bertz CT molecular complexity index is 380. The van der Waals surface area contributed by atoms with Crippen molar-refractivity contribution < 1.29 is 4.74 Å². The average molecular weight is 220 g/mol. The van der Waals surface area contributed by atoms with Crippen LogP contribution in [0.5, 0.6) is 0 Å². The van der Waals surface area contributed by atoms with Crippen LogP contribution >= 0.6 is 11.8 Å². The molecule has 1 aromatic rings. The highest BCUT2D eigenvalue weighted by Crippen LogP contribution is 2.24. The van der Waals surface area contributed by atoms with Gasteiger partial charge in [-0.25, -0.2) is 0 Å². The summed E-state index contributed by atoms with van der Waals surface area (Å²) in [6.45, 7) is 5.77. The molecule has 0 radical (unpaired) electrons. The summed E-state index contributed by atoms with van der Waals surface area (Å²) in [4.78, 5) is 1.27. The summed E-state index contributed by atoms with van der Waals surface area (Å²) in [6.07, 6.45) is 5.69. The number of allylic oxidation sites excluding steroid dienone is 2. The second-order valence-electron chi connectivity index (χ2n) is 3.15. The Morgan fingerprint density at radius 1 is 1.47 bits per heavy atom. The molecule has 1 rings (SSSR count). The average Bonchev–Trinajstić information content (AvgIpc) is 2.26. The first kappa shape index (κ1) is 11.9. The van der Waals surface area contributed by atoms with Gasteiger partial charge in [0.2, 0.25) is 0 Å². The molecule has 80 valence electrons. The number of thioether (sulfide) groups is 1. The van der Waals surface area contributed by atoms with E-state index in [1.807, 2.05) is 6.08 Å². The van der Waals surface area contributed by atoms with E-state index in [1.165, 1.54) is 10.5 Å². The monoisotopic (exact) mass is 220 g/mol. The van der Waals surface area contributed by atoms with Crippen LogP contribution in [0.2, 0.25) is 0 Å². The minimum absolute atomic E-state index is 0.857.